The van der Waals surface area contributed by atoms with Crippen LogP contribution in [0.25, 0.3) is 0 Å². The van der Waals surface area contributed by atoms with Crippen LogP contribution in [-0.4, -0.2) is 41.5 Å². The second-order valence-corrected chi connectivity index (χ2v) is 7.47. The second-order valence-electron chi connectivity index (χ2n) is 7.47. The predicted octanol–water partition coefficient (Wildman–Crippen LogP) is 3.87. The molecule has 2 fully saturated rings. The van der Waals surface area contributed by atoms with Gasteiger partial charge in [0.1, 0.15) is 29.1 Å². The molecule has 1 aliphatic carbocycles. The van der Waals surface area contributed by atoms with Crippen LogP contribution < -0.4 is 10.1 Å². The molecule has 1 aromatic carbocycles. The minimum absolute atomic E-state index is 0.0814. The Kier molecular flexibility index (Phi) is 5.52. The Balaban J connectivity index is 1.35. The maximum atomic E-state index is 13.8. The zero-order valence-electron chi connectivity index (χ0n) is 15.5. The van der Waals surface area contributed by atoms with E-state index in [0.717, 1.165) is 44.0 Å². The molecule has 7 heteroatoms. The number of likely N-dealkylation sites (tertiary alicyclic amines) is 1. The van der Waals surface area contributed by atoms with Crippen molar-refractivity contribution >= 4 is 11.7 Å². The van der Waals surface area contributed by atoms with Gasteiger partial charge in [0, 0.05) is 25.7 Å². The molecule has 1 N–H and O–H groups in total. The lowest BCUT2D eigenvalue weighted by Crippen LogP contribution is -2.39. The Morgan fingerprint density at radius 1 is 1.07 bits per heavy atom. The van der Waals surface area contributed by atoms with E-state index in [4.69, 9.17) is 4.74 Å². The highest BCUT2D eigenvalue weighted by atomic mass is 19.1. The molecular weight excluding hydrogens is 364 g/mol. The van der Waals surface area contributed by atoms with Crippen LogP contribution in [0.1, 0.15) is 36.0 Å². The van der Waals surface area contributed by atoms with Crippen molar-refractivity contribution in [2.45, 2.75) is 31.8 Å². The molecule has 1 saturated heterocycles. The number of ether oxygens (including phenoxy) is 1. The lowest BCUT2D eigenvalue weighted by atomic mass is 10.1. The molecule has 2 aliphatic rings. The lowest BCUT2D eigenvalue weighted by molar-refractivity contribution is 0.0945. The first kappa shape index (κ1) is 18.8. The van der Waals surface area contributed by atoms with E-state index in [0.29, 0.717) is 5.88 Å². The normalized spacial score (nSPS) is 18.1. The molecule has 1 aromatic heterocycles. The molecule has 1 saturated carbocycles. The molecule has 4 rings (SSSR count). The van der Waals surface area contributed by atoms with Crippen LogP contribution in [0, 0.1) is 17.6 Å². The lowest BCUT2D eigenvalue weighted by Gasteiger charge is -2.31. The van der Waals surface area contributed by atoms with Crippen LogP contribution in [0.2, 0.25) is 0 Å². The molecule has 2 aromatic rings. The van der Waals surface area contributed by atoms with Gasteiger partial charge in [-0.1, -0.05) is 12.1 Å². The van der Waals surface area contributed by atoms with Crippen molar-refractivity contribution in [3.63, 3.8) is 0 Å². The summed E-state index contributed by atoms with van der Waals surface area (Å²) in [5.74, 6) is -1.23. The second kappa shape index (κ2) is 8.22. The number of carbonyl (C=O) groups is 1. The molecule has 0 atom stereocenters. The maximum absolute atomic E-state index is 13.8. The molecule has 148 valence electrons. The number of anilines is 1. The molecule has 28 heavy (non-hydrogen) atoms. The number of halogens is 2. The number of aromatic nitrogens is 1. The fourth-order valence-corrected chi connectivity index (χ4v) is 3.49. The smallest absolute Gasteiger partial charge is 0.262 e. The number of amides is 1. The van der Waals surface area contributed by atoms with Crippen molar-refractivity contribution in [3.05, 3.63) is 53.6 Å². The van der Waals surface area contributed by atoms with E-state index in [2.05, 4.69) is 15.2 Å². The van der Waals surface area contributed by atoms with Crippen LogP contribution in [0.5, 0.6) is 5.88 Å². The van der Waals surface area contributed by atoms with Gasteiger partial charge in [0.2, 0.25) is 5.88 Å². The van der Waals surface area contributed by atoms with Crippen molar-refractivity contribution < 1.29 is 18.3 Å². The molecule has 1 aliphatic heterocycles. The van der Waals surface area contributed by atoms with E-state index in [1.165, 1.54) is 25.5 Å². The first-order chi connectivity index (χ1) is 13.6. The maximum Gasteiger partial charge on any atom is 0.262 e. The molecule has 0 radical (unpaired) electrons. The van der Waals surface area contributed by atoms with Crippen molar-refractivity contribution in [1.29, 1.82) is 0 Å². The number of benzene rings is 1. The summed E-state index contributed by atoms with van der Waals surface area (Å²) in [6.45, 7) is 3.23. The summed E-state index contributed by atoms with van der Waals surface area (Å²) in [6.07, 6.45) is 4.67. The Labute approximate surface area is 162 Å². The number of carbonyl (C=O) groups excluding carboxylic acids is 1. The Bertz CT molecular complexity index is 829. The highest BCUT2D eigenvalue weighted by Crippen LogP contribution is 2.31. The predicted molar refractivity (Wildman–Crippen MR) is 101 cm³/mol. The average Bonchev–Trinajstić information content (AvgIpc) is 3.48. The molecule has 0 bridgehead atoms. The highest BCUT2D eigenvalue weighted by molar-refractivity contribution is 6.04. The van der Waals surface area contributed by atoms with Gasteiger partial charge in [-0.2, -0.15) is 4.98 Å². The quantitative estimate of drug-likeness (QED) is 0.818. The first-order valence-electron chi connectivity index (χ1n) is 9.70. The van der Waals surface area contributed by atoms with Crippen LogP contribution in [0.15, 0.2) is 36.4 Å². The first-order valence-corrected chi connectivity index (χ1v) is 9.70. The van der Waals surface area contributed by atoms with Crippen molar-refractivity contribution in [2.75, 3.05) is 25.0 Å². The molecule has 5 nitrogen and oxygen atoms in total. The Morgan fingerprint density at radius 2 is 1.75 bits per heavy atom. The average molecular weight is 387 g/mol. The van der Waals surface area contributed by atoms with E-state index in [-0.39, 0.29) is 11.9 Å². The van der Waals surface area contributed by atoms with Gasteiger partial charge in [0.25, 0.3) is 5.91 Å². The van der Waals surface area contributed by atoms with Crippen LogP contribution in [0.4, 0.5) is 14.6 Å². The van der Waals surface area contributed by atoms with Gasteiger partial charge in [-0.15, -0.1) is 0 Å². The number of pyridine rings is 1. The molecule has 1 amide bonds. The van der Waals surface area contributed by atoms with Gasteiger partial charge in [-0.3, -0.25) is 4.79 Å². The number of hydrogen-bond donors (Lipinski definition) is 1. The molecular formula is C21H23F2N3O2. The van der Waals surface area contributed by atoms with Gasteiger partial charge in [0.05, 0.1) is 0 Å². The summed E-state index contributed by atoms with van der Waals surface area (Å²) < 4.78 is 33.5. The summed E-state index contributed by atoms with van der Waals surface area (Å²) in [7, 11) is 0. The topological polar surface area (TPSA) is 54.5 Å². The monoisotopic (exact) mass is 387 g/mol. The van der Waals surface area contributed by atoms with E-state index < -0.39 is 23.1 Å². The minimum Gasteiger partial charge on any atom is -0.474 e. The standard InChI is InChI=1S/C21H23F2N3O2/c22-16-3-1-4-17(23)20(16)21(27)25-18-5-2-6-19(24-18)28-15-9-11-26(12-10-15)13-14-7-8-14/h1-6,14-15H,7-13H2,(H,24,25,27). The van der Waals surface area contributed by atoms with Crippen LogP contribution >= 0.6 is 0 Å². The SMILES string of the molecule is O=C(Nc1cccc(OC2CCN(CC3CC3)CC2)n1)c1c(F)cccc1F. The Morgan fingerprint density at radius 3 is 2.43 bits per heavy atom. The molecule has 0 unspecified atom stereocenters. The zero-order valence-corrected chi connectivity index (χ0v) is 15.5. The summed E-state index contributed by atoms with van der Waals surface area (Å²) >= 11 is 0. The van der Waals surface area contributed by atoms with E-state index in [9.17, 15) is 13.6 Å². The number of hydrogen-bond acceptors (Lipinski definition) is 4. The van der Waals surface area contributed by atoms with Crippen LogP contribution in [0.3, 0.4) is 0 Å². The third-order valence-corrected chi connectivity index (χ3v) is 5.19. The Hall–Kier alpha value is -2.54. The third-order valence-electron chi connectivity index (χ3n) is 5.19. The van der Waals surface area contributed by atoms with Gasteiger partial charge in [-0.05, 0) is 49.8 Å². The van der Waals surface area contributed by atoms with Gasteiger partial charge in [-0.25, -0.2) is 8.78 Å². The number of nitrogens with one attached hydrogen (secondary N) is 1. The van der Waals surface area contributed by atoms with E-state index in [1.54, 1.807) is 18.2 Å². The number of piperidine rings is 1. The summed E-state index contributed by atoms with van der Waals surface area (Å²) in [5.41, 5.74) is -0.626. The molecule has 2 heterocycles. The van der Waals surface area contributed by atoms with Gasteiger partial charge >= 0.3 is 0 Å². The number of nitrogens with zero attached hydrogens (tertiary/aromatic N) is 2. The summed E-state index contributed by atoms with van der Waals surface area (Å²) in [4.78, 5) is 19.0. The van der Waals surface area contributed by atoms with Crippen molar-refractivity contribution in [2.24, 2.45) is 5.92 Å². The summed E-state index contributed by atoms with van der Waals surface area (Å²) in [6, 6.07) is 8.26. The zero-order chi connectivity index (χ0) is 19.5. The third kappa shape index (κ3) is 4.65. The molecule has 0 spiro atoms. The van der Waals surface area contributed by atoms with Crippen LogP contribution in [-0.2, 0) is 0 Å². The van der Waals surface area contributed by atoms with Crippen molar-refractivity contribution in [3.8, 4) is 5.88 Å². The summed E-state index contributed by atoms with van der Waals surface area (Å²) in [5, 5.41) is 2.43. The van der Waals surface area contributed by atoms with Gasteiger partial charge < -0.3 is 15.0 Å². The largest absolute Gasteiger partial charge is 0.474 e. The van der Waals surface area contributed by atoms with E-state index >= 15 is 0 Å². The number of rotatable bonds is 6. The van der Waals surface area contributed by atoms with E-state index in [1.807, 2.05) is 0 Å². The fourth-order valence-electron chi connectivity index (χ4n) is 3.49. The highest BCUT2D eigenvalue weighted by Gasteiger charge is 2.27. The minimum atomic E-state index is -0.914. The van der Waals surface area contributed by atoms with Gasteiger partial charge in [0.15, 0.2) is 0 Å². The fraction of sp³-hybridized carbons (Fsp3) is 0.429. The van der Waals surface area contributed by atoms with Crippen molar-refractivity contribution in [1.82, 2.24) is 9.88 Å².